The van der Waals surface area contributed by atoms with Crippen molar-refractivity contribution in [3.63, 3.8) is 0 Å². The number of thiophene rings is 1. The molecule has 1 amide bonds. The second-order valence-corrected chi connectivity index (χ2v) is 4.80. The fourth-order valence-electron chi connectivity index (χ4n) is 1.52. The Labute approximate surface area is 103 Å². The van der Waals surface area contributed by atoms with Crippen molar-refractivity contribution in [2.45, 2.75) is 19.1 Å². The number of carbonyl (C=O) groups excluding carboxylic acids is 1. The van der Waals surface area contributed by atoms with E-state index in [0.717, 1.165) is 4.88 Å². The van der Waals surface area contributed by atoms with Gasteiger partial charge in [0, 0.05) is 4.88 Å². The van der Waals surface area contributed by atoms with Crippen molar-refractivity contribution in [3.8, 4) is 0 Å². The van der Waals surface area contributed by atoms with E-state index in [1.807, 2.05) is 17.5 Å². The molecule has 0 radical (unpaired) electrons. The number of hydrogen-bond acceptors (Lipinski definition) is 5. The van der Waals surface area contributed by atoms with Crippen LogP contribution in [-0.2, 0) is 14.3 Å². The maximum atomic E-state index is 11.6. The molecule has 1 fully saturated rings. The van der Waals surface area contributed by atoms with Crippen molar-refractivity contribution >= 4 is 23.5 Å². The van der Waals surface area contributed by atoms with Gasteiger partial charge in [-0.2, -0.15) is 5.10 Å². The molecule has 0 atom stereocenters. The first-order valence-corrected chi connectivity index (χ1v) is 6.19. The van der Waals surface area contributed by atoms with Gasteiger partial charge in [-0.1, -0.05) is 6.07 Å². The predicted molar refractivity (Wildman–Crippen MR) is 65.0 cm³/mol. The summed E-state index contributed by atoms with van der Waals surface area (Å²) in [5, 5.41) is 5.81. The molecule has 2 rings (SSSR count). The Kier molecular flexibility index (Phi) is 3.88. The van der Waals surface area contributed by atoms with Gasteiger partial charge < -0.3 is 9.47 Å². The fraction of sp³-hybridized carbons (Fsp3) is 0.455. The zero-order chi connectivity index (χ0) is 12.1. The first-order valence-electron chi connectivity index (χ1n) is 5.31. The molecule has 0 aliphatic carbocycles. The lowest BCUT2D eigenvalue weighted by Gasteiger charge is -2.20. The molecule has 0 spiro atoms. The van der Waals surface area contributed by atoms with E-state index in [0.29, 0.717) is 13.2 Å². The standard InChI is InChI=1S/C11H14N2O3S/c1-11(15-4-5-16-11)7-10(14)13-12-8-9-3-2-6-17-9/h2-3,6,8H,4-5,7H2,1H3,(H,13,14)/b12-8+. The molecular weight excluding hydrogens is 240 g/mol. The van der Waals surface area contributed by atoms with Crippen molar-refractivity contribution in [1.82, 2.24) is 5.43 Å². The first kappa shape index (κ1) is 12.2. The van der Waals surface area contributed by atoms with Gasteiger partial charge in [-0.05, 0) is 18.4 Å². The van der Waals surface area contributed by atoms with E-state index >= 15 is 0 Å². The van der Waals surface area contributed by atoms with E-state index in [1.54, 1.807) is 24.5 Å². The molecule has 0 bridgehead atoms. The van der Waals surface area contributed by atoms with Crippen molar-refractivity contribution in [2.75, 3.05) is 13.2 Å². The summed E-state index contributed by atoms with van der Waals surface area (Å²) in [6, 6.07) is 3.85. The summed E-state index contributed by atoms with van der Waals surface area (Å²) in [5.74, 6) is -1.02. The van der Waals surface area contributed by atoms with E-state index < -0.39 is 5.79 Å². The average molecular weight is 254 g/mol. The summed E-state index contributed by atoms with van der Waals surface area (Å²) in [6.07, 6.45) is 1.76. The van der Waals surface area contributed by atoms with Crippen LogP contribution in [-0.4, -0.2) is 31.1 Å². The molecule has 5 nitrogen and oxygen atoms in total. The average Bonchev–Trinajstić information content (AvgIpc) is 2.90. The minimum absolute atomic E-state index is 0.148. The number of nitrogens with zero attached hydrogens (tertiary/aromatic N) is 1. The number of rotatable bonds is 4. The lowest BCUT2D eigenvalue weighted by molar-refractivity contribution is -0.159. The Morgan fingerprint density at radius 1 is 1.65 bits per heavy atom. The van der Waals surface area contributed by atoms with Crippen LogP contribution in [0.4, 0.5) is 0 Å². The zero-order valence-corrected chi connectivity index (χ0v) is 10.3. The molecule has 0 unspecified atom stereocenters. The second-order valence-electron chi connectivity index (χ2n) is 3.82. The minimum atomic E-state index is -0.803. The quantitative estimate of drug-likeness (QED) is 0.651. The van der Waals surface area contributed by atoms with Crippen LogP contribution in [0.2, 0.25) is 0 Å². The first-order chi connectivity index (χ1) is 8.18. The van der Waals surface area contributed by atoms with Gasteiger partial charge in [-0.25, -0.2) is 5.43 Å². The van der Waals surface area contributed by atoms with Gasteiger partial charge in [-0.15, -0.1) is 11.3 Å². The van der Waals surface area contributed by atoms with Crippen LogP contribution in [0, 0.1) is 0 Å². The summed E-state index contributed by atoms with van der Waals surface area (Å²) in [7, 11) is 0. The number of amides is 1. The van der Waals surface area contributed by atoms with Gasteiger partial charge >= 0.3 is 0 Å². The second kappa shape index (κ2) is 5.39. The summed E-state index contributed by atoms with van der Waals surface area (Å²) in [5.41, 5.74) is 2.45. The number of carbonyl (C=O) groups is 1. The van der Waals surface area contributed by atoms with Gasteiger partial charge in [0.15, 0.2) is 5.79 Å². The van der Waals surface area contributed by atoms with Crippen molar-refractivity contribution in [2.24, 2.45) is 5.10 Å². The van der Waals surface area contributed by atoms with Crippen molar-refractivity contribution in [1.29, 1.82) is 0 Å². The van der Waals surface area contributed by atoms with Gasteiger partial charge in [0.25, 0.3) is 0 Å². The largest absolute Gasteiger partial charge is 0.347 e. The molecule has 17 heavy (non-hydrogen) atoms. The molecule has 0 saturated carbocycles. The number of hydrazone groups is 1. The molecule has 0 aromatic carbocycles. The fourth-order valence-corrected chi connectivity index (χ4v) is 2.11. The number of ether oxygens (including phenoxy) is 2. The van der Waals surface area contributed by atoms with Crippen LogP contribution in [0.5, 0.6) is 0 Å². The third-order valence-electron chi connectivity index (χ3n) is 2.30. The summed E-state index contributed by atoms with van der Waals surface area (Å²) in [6.45, 7) is 2.81. The Morgan fingerprint density at radius 3 is 3.06 bits per heavy atom. The van der Waals surface area contributed by atoms with Crippen LogP contribution in [0.3, 0.4) is 0 Å². The number of hydrogen-bond donors (Lipinski definition) is 1. The maximum absolute atomic E-state index is 11.6. The monoisotopic (exact) mass is 254 g/mol. The van der Waals surface area contributed by atoms with E-state index in [1.165, 1.54) is 0 Å². The molecule has 1 saturated heterocycles. The summed E-state index contributed by atoms with van der Waals surface area (Å²) < 4.78 is 10.7. The van der Waals surface area contributed by atoms with E-state index in [4.69, 9.17) is 9.47 Å². The van der Waals surface area contributed by atoms with Crippen LogP contribution >= 0.6 is 11.3 Å². The molecular formula is C11H14N2O3S. The molecule has 1 aliphatic heterocycles. The third-order valence-corrected chi connectivity index (χ3v) is 3.11. The van der Waals surface area contributed by atoms with Gasteiger partial charge in [0.05, 0.1) is 25.8 Å². The van der Waals surface area contributed by atoms with Crippen molar-refractivity contribution in [3.05, 3.63) is 22.4 Å². The third kappa shape index (κ3) is 3.62. The highest BCUT2D eigenvalue weighted by atomic mass is 32.1. The smallest absolute Gasteiger partial charge is 0.245 e. The predicted octanol–water partition coefficient (Wildman–Crippen LogP) is 1.35. The Balaban J connectivity index is 1.78. The lowest BCUT2D eigenvalue weighted by atomic mass is 10.2. The van der Waals surface area contributed by atoms with Gasteiger partial charge in [0.2, 0.25) is 5.91 Å². The van der Waals surface area contributed by atoms with E-state index in [2.05, 4.69) is 10.5 Å². The maximum Gasteiger partial charge on any atom is 0.245 e. The zero-order valence-electron chi connectivity index (χ0n) is 9.51. The number of nitrogens with one attached hydrogen (secondary N) is 1. The normalized spacial score (nSPS) is 18.6. The molecule has 1 N–H and O–H groups in total. The van der Waals surface area contributed by atoms with Crippen LogP contribution < -0.4 is 5.43 Å². The molecule has 1 aromatic rings. The Hall–Kier alpha value is -1.24. The highest BCUT2D eigenvalue weighted by Crippen LogP contribution is 2.22. The van der Waals surface area contributed by atoms with Crippen LogP contribution in [0.25, 0.3) is 0 Å². The molecule has 92 valence electrons. The minimum Gasteiger partial charge on any atom is -0.347 e. The van der Waals surface area contributed by atoms with Gasteiger partial charge in [0.1, 0.15) is 0 Å². The lowest BCUT2D eigenvalue weighted by Crippen LogP contribution is -2.33. The SMILES string of the molecule is CC1(CC(=O)N/N=C/c2cccs2)OCCO1. The van der Waals surface area contributed by atoms with Crippen molar-refractivity contribution < 1.29 is 14.3 Å². The molecule has 1 aromatic heterocycles. The molecule has 1 aliphatic rings. The molecule has 2 heterocycles. The highest BCUT2D eigenvalue weighted by molar-refractivity contribution is 7.11. The van der Waals surface area contributed by atoms with Crippen LogP contribution in [0.15, 0.2) is 22.6 Å². The molecule has 6 heteroatoms. The summed E-state index contributed by atoms with van der Waals surface area (Å²) in [4.78, 5) is 12.5. The van der Waals surface area contributed by atoms with Gasteiger partial charge in [-0.3, -0.25) is 4.79 Å². The summed E-state index contributed by atoms with van der Waals surface area (Å²) >= 11 is 1.56. The van der Waals surface area contributed by atoms with E-state index in [9.17, 15) is 4.79 Å². The Morgan fingerprint density at radius 2 is 2.41 bits per heavy atom. The van der Waals surface area contributed by atoms with E-state index in [-0.39, 0.29) is 12.3 Å². The van der Waals surface area contributed by atoms with Crippen LogP contribution in [0.1, 0.15) is 18.2 Å². The topological polar surface area (TPSA) is 59.9 Å². The Bertz CT molecular complexity index is 397. The highest BCUT2D eigenvalue weighted by Gasteiger charge is 2.33.